The molecule has 4 unspecified atom stereocenters. The highest BCUT2D eigenvalue weighted by Crippen LogP contribution is 2.32. The van der Waals surface area contributed by atoms with E-state index < -0.39 is 0 Å². The molecule has 20 heavy (non-hydrogen) atoms. The third-order valence-electron chi connectivity index (χ3n) is 5.21. The van der Waals surface area contributed by atoms with Gasteiger partial charge in [-0.2, -0.15) is 0 Å². The summed E-state index contributed by atoms with van der Waals surface area (Å²) in [6.45, 7) is 5.71. The van der Waals surface area contributed by atoms with Crippen molar-refractivity contribution in [2.75, 3.05) is 11.9 Å². The maximum Gasteiger partial charge on any atom is 0.0754 e. The first-order chi connectivity index (χ1) is 9.72. The van der Waals surface area contributed by atoms with Crippen LogP contribution in [-0.2, 0) is 11.2 Å². The van der Waals surface area contributed by atoms with Gasteiger partial charge in [-0.25, -0.2) is 0 Å². The van der Waals surface area contributed by atoms with E-state index in [2.05, 4.69) is 43.4 Å². The molecule has 0 bridgehead atoms. The number of hydrogen-bond acceptors (Lipinski definition) is 2. The molecule has 0 saturated heterocycles. The van der Waals surface area contributed by atoms with E-state index in [4.69, 9.17) is 4.74 Å². The van der Waals surface area contributed by atoms with Gasteiger partial charge in [0.2, 0.25) is 0 Å². The van der Waals surface area contributed by atoms with E-state index in [0.29, 0.717) is 12.2 Å². The van der Waals surface area contributed by atoms with Crippen LogP contribution in [0, 0.1) is 11.8 Å². The van der Waals surface area contributed by atoms with Gasteiger partial charge in [-0.3, -0.25) is 0 Å². The molecule has 3 rings (SSSR count). The van der Waals surface area contributed by atoms with Crippen molar-refractivity contribution in [3.63, 3.8) is 0 Å². The first-order valence-corrected chi connectivity index (χ1v) is 8.19. The smallest absolute Gasteiger partial charge is 0.0754 e. The van der Waals surface area contributed by atoms with Crippen LogP contribution < -0.4 is 5.32 Å². The molecule has 1 aliphatic heterocycles. The molecule has 1 aromatic rings. The topological polar surface area (TPSA) is 21.3 Å². The minimum absolute atomic E-state index is 0.369. The Morgan fingerprint density at radius 3 is 2.70 bits per heavy atom. The number of para-hydroxylation sites is 1. The maximum atomic E-state index is 6.40. The molecule has 1 fully saturated rings. The summed E-state index contributed by atoms with van der Waals surface area (Å²) in [5.41, 5.74) is 2.73. The van der Waals surface area contributed by atoms with Crippen molar-refractivity contribution in [1.82, 2.24) is 0 Å². The third kappa shape index (κ3) is 3.17. The van der Waals surface area contributed by atoms with E-state index in [0.717, 1.165) is 31.2 Å². The fourth-order valence-corrected chi connectivity index (χ4v) is 3.56. The van der Waals surface area contributed by atoms with Crippen molar-refractivity contribution in [2.24, 2.45) is 11.8 Å². The van der Waals surface area contributed by atoms with Gasteiger partial charge in [0.05, 0.1) is 12.2 Å². The second kappa shape index (κ2) is 6.17. The van der Waals surface area contributed by atoms with Gasteiger partial charge in [0.25, 0.3) is 0 Å². The number of fused-ring (bicyclic) bond motifs is 1. The monoisotopic (exact) mass is 273 g/mol. The number of anilines is 1. The van der Waals surface area contributed by atoms with Gasteiger partial charge in [-0.05, 0) is 55.6 Å². The highest BCUT2D eigenvalue weighted by Gasteiger charge is 2.27. The average Bonchev–Trinajstić information content (AvgIpc) is 2.66. The Balaban J connectivity index is 1.55. The van der Waals surface area contributed by atoms with Gasteiger partial charge in [-0.1, -0.05) is 32.0 Å². The van der Waals surface area contributed by atoms with Crippen LogP contribution in [0.5, 0.6) is 0 Å². The predicted molar refractivity (Wildman–Crippen MR) is 84.1 cm³/mol. The fraction of sp³-hybridized carbons (Fsp3) is 0.667. The molecule has 2 heteroatoms. The molecule has 2 aliphatic rings. The maximum absolute atomic E-state index is 6.40. The van der Waals surface area contributed by atoms with Crippen LogP contribution in [-0.4, -0.2) is 18.8 Å². The molecule has 1 heterocycles. The van der Waals surface area contributed by atoms with Crippen molar-refractivity contribution in [3.8, 4) is 0 Å². The number of aryl methyl sites for hydroxylation is 1. The van der Waals surface area contributed by atoms with Crippen LogP contribution in [0.25, 0.3) is 0 Å². The molecule has 4 atom stereocenters. The van der Waals surface area contributed by atoms with Crippen LogP contribution in [0.15, 0.2) is 24.3 Å². The van der Waals surface area contributed by atoms with Crippen molar-refractivity contribution < 1.29 is 4.74 Å². The Bertz CT molecular complexity index is 418. The Labute approximate surface area is 122 Å². The molecule has 0 radical (unpaired) electrons. The predicted octanol–water partition coefficient (Wildman–Crippen LogP) is 4.25. The normalized spacial score (nSPS) is 33.9. The van der Waals surface area contributed by atoms with E-state index in [1.165, 1.54) is 30.5 Å². The van der Waals surface area contributed by atoms with Crippen molar-refractivity contribution in [1.29, 1.82) is 0 Å². The lowest BCUT2D eigenvalue weighted by molar-refractivity contribution is -0.0438. The Morgan fingerprint density at radius 1 is 1.00 bits per heavy atom. The summed E-state index contributed by atoms with van der Waals surface area (Å²) in [4.78, 5) is 0. The molecule has 0 aromatic heterocycles. The van der Waals surface area contributed by atoms with E-state index in [-0.39, 0.29) is 0 Å². The average molecular weight is 273 g/mol. The molecule has 0 spiro atoms. The summed E-state index contributed by atoms with van der Waals surface area (Å²) < 4.78 is 6.40. The molecule has 1 aliphatic carbocycles. The molecule has 1 aromatic carbocycles. The lowest BCUT2D eigenvalue weighted by atomic mass is 9.80. The summed E-state index contributed by atoms with van der Waals surface area (Å²) in [7, 11) is 0. The summed E-state index contributed by atoms with van der Waals surface area (Å²) in [6.07, 6.45) is 6.94. The summed E-state index contributed by atoms with van der Waals surface area (Å²) in [5, 5.41) is 3.56. The van der Waals surface area contributed by atoms with Gasteiger partial charge in [0.15, 0.2) is 0 Å². The summed E-state index contributed by atoms with van der Waals surface area (Å²) in [6, 6.07) is 8.65. The van der Waals surface area contributed by atoms with Crippen LogP contribution in [0.4, 0.5) is 5.69 Å². The standard InChI is InChI=1S/C18H27NO/c1-13-7-9-16(11-14(13)2)20-17-10-8-15-5-3-4-6-18(15)19-12-17/h3-6,13-14,16-17,19H,7-12H2,1-2H3. The molecule has 1 N–H and O–H groups in total. The summed E-state index contributed by atoms with van der Waals surface area (Å²) >= 11 is 0. The number of nitrogens with one attached hydrogen (secondary N) is 1. The van der Waals surface area contributed by atoms with E-state index in [1.807, 2.05) is 0 Å². The SMILES string of the molecule is CC1CCC(OC2CCc3ccccc3NC2)CC1C. The van der Waals surface area contributed by atoms with Crippen LogP contribution in [0.1, 0.15) is 45.1 Å². The van der Waals surface area contributed by atoms with Gasteiger partial charge in [-0.15, -0.1) is 0 Å². The van der Waals surface area contributed by atoms with E-state index in [9.17, 15) is 0 Å². The third-order valence-corrected chi connectivity index (χ3v) is 5.21. The first-order valence-electron chi connectivity index (χ1n) is 8.19. The van der Waals surface area contributed by atoms with E-state index >= 15 is 0 Å². The molecule has 110 valence electrons. The number of ether oxygens (including phenoxy) is 1. The summed E-state index contributed by atoms with van der Waals surface area (Å²) in [5.74, 6) is 1.68. The zero-order valence-corrected chi connectivity index (χ0v) is 12.8. The quantitative estimate of drug-likeness (QED) is 0.869. The number of rotatable bonds is 2. The lowest BCUT2D eigenvalue weighted by Crippen LogP contribution is -2.33. The molecule has 0 amide bonds. The van der Waals surface area contributed by atoms with Crippen molar-refractivity contribution in [3.05, 3.63) is 29.8 Å². The zero-order valence-electron chi connectivity index (χ0n) is 12.8. The highest BCUT2D eigenvalue weighted by molar-refractivity contribution is 5.52. The van der Waals surface area contributed by atoms with Gasteiger partial charge >= 0.3 is 0 Å². The number of hydrogen-bond donors (Lipinski definition) is 1. The second-order valence-corrected chi connectivity index (χ2v) is 6.72. The minimum Gasteiger partial charge on any atom is -0.382 e. The molecular formula is C18H27NO. The van der Waals surface area contributed by atoms with Crippen LogP contribution in [0.3, 0.4) is 0 Å². The van der Waals surface area contributed by atoms with Crippen LogP contribution >= 0.6 is 0 Å². The Hall–Kier alpha value is -1.02. The van der Waals surface area contributed by atoms with Gasteiger partial charge in [0.1, 0.15) is 0 Å². The van der Waals surface area contributed by atoms with Crippen molar-refractivity contribution >= 4 is 5.69 Å². The first kappa shape index (κ1) is 13.9. The van der Waals surface area contributed by atoms with Gasteiger partial charge < -0.3 is 10.1 Å². The lowest BCUT2D eigenvalue weighted by Gasteiger charge is -2.34. The van der Waals surface area contributed by atoms with Gasteiger partial charge in [0, 0.05) is 12.2 Å². The zero-order chi connectivity index (χ0) is 13.9. The Kier molecular flexibility index (Phi) is 4.30. The molecular weight excluding hydrogens is 246 g/mol. The van der Waals surface area contributed by atoms with Crippen molar-refractivity contribution in [2.45, 2.75) is 58.2 Å². The Morgan fingerprint density at radius 2 is 1.85 bits per heavy atom. The molecule has 2 nitrogen and oxygen atoms in total. The van der Waals surface area contributed by atoms with E-state index in [1.54, 1.807) is 0 Å². The second-order valence-electron chi connectivity index (χ2n) is 6.72. The minimum atomic E-state index is 0.369. The largest absolute Gasteiger partial charge is 0.382 e. The van der Waals surface area contributed by atoms with Crippen LogP contribution in [0.2, 0.25) is 0 Å². The number of benzene rings is 1. The fourth-order valence-electron chi connectivity index (χ4n) is 3.56. The highest BCUT2D eigenvalue weighted by atomic mass is 16.5. The molecule has 1 saturated carbocycles.